The molecule has 2 unspecified atom stereocenters. The fourth-order valence-corrected chi connectivity index (χ4v) is 6.72. The van der Waals surface area contributed by atoms with Crippen molar-refractivity contribution < 1.29 is 23.4 Å². The molecule has 230 valence electrons. The van der Waals surface area contributed by atoms with Crippen LogP contribution in [0.2, 0.25) is 0 Å². The first-order valence-corrected chi connectivity index (χ1v) is 15.5. The van der Waals surface area contributed by atoms with E-state index in [-0.39, 0.29) is 23.9 Å². The summed E-state index contributed by atoms with van der Waals surface area (Å²) in [5.74, 6) is 1.49. The number of hydrogen-bond acceptors (Lipinski definition) is 7. The van der Waals surface area contributed by atoms with Gasteiger partial charge in [-0.05, 0) is 47.9 Å². The van der Waals surface area contributed by atoms with E-state index < -0.39 is 0 Å². The van der Waals surface area contributed by atoms with E-state index in [0.717, 1.165) is 99.1 Å². The number of fused-ring (bicyclic) bond motifs is 1. The molecule has 2 fully saturated rings. The van der Waals surface area contributed by atoms with Crippen LogP contribution in [-0.4, -0.2) is 71.7 Å². The Morgan fingerprint density at radius 1 is 1.05 bits per heavy atom. The number of methoxy groups -OCH3 is 1. The maximum absolute atomic E-state index is 14.1. The topological polar surface area (TPSA) is 78.2 Å². The molecule has 0 saturated carbocycles. The number of benzene rings is 3. The zero-order valence-corrected chi connectivity index (χ0v) is 25.1. The van der Waals surface area contributed by atoms with Gasteiger partial charge in [-0.1, -0.05) is 24.3 Å². The monoisotopic (exact) mass is 591 g/mol. The lowest BCUT2D eigenvalue weighted by molar-refractivity contribution is -0.0261. The largest absolute Gasteiger partial charge is 0.490 e. The van der Waals surface area contributed by atoms with E-state index in [9.17, 15) is 4.39 Å². The minimum Gasteiger partial charge on any atom is -0.490 e. The van der Waals surface area contributed by atoms with Crippen molar-refractivity contribution in [2.75, 3.05) is 64.5 Å². The fourth-order valence-electron chi connectivity index (χ4n) is 6.72. The zero-order chi connectivity index (χ0) is 29.6. The summed E-state index contributed by atoms with van der Waals surface area (Å²) in [6.45, 7) is 6.82. The molecule has 3 heterocycles. The van der Waals surface area contributed by atoms with Gasteiger partial charge in [0, 0.05) is 70.3 Å². The van der Waals surface area contributed by atoms with Crippen molar-refractivity contribution in [2.24, 2.45) is 5.73 Å². The maximum atomic E-state index is 14.1. The number of hydrogen-bond donors (Lipinski definition) is 2. The van der Waals surface area contributed by atoms with Gasteiger partial charge in [0.15, 0.2) is 11.4 Å². The number of hydroxylamine groups is 2. The smallest absolute Gasteiger partial charge is 0.190 e. The van der Waals surface area contributed by atoms with E-state index >= 15 is 0 Å². The van der Waals surface area contributed by atoms with Crippen molar-refractivity contribution in [3.63, 3.8) is 0 Å². The molecule has 3 N–H and O–H groups in total. The van der Waals surface area contributed by atoms with Gasteiger partial charge < -0.3 is 35.0 Å². The lowest BCUT2D eigenvalue weighted by Gasteiger charge is -2.37. The predicted octanol–water partition coefficient (Wildman–Crippen LogP) is 4.76. The van der Waals surface area contributed by atoms with Crippen molar-refractivity contribution in [3.05, 3.63) is 83.7 Å². The summed E-state index contributed by atoms with van der Waals surface area (Å²) >= 11 is 0. The molecular weight excluding hydrogens is 547 g/mol. The molecule has 0 amide bonds. The summed E-state index contributed by atoms with van der Waals surface area (Å²) in [5.41, 5.74) is 10.9. The Kier molecular flexibility index (Phi) is 9.45. The lowest BCUT2D eigenvalue weighted by Crippen LogP contribution is -2.53. The summed E-state index contributed by atoms with van der Waals surface area (Å²) < 4.78 is 32.1. The Bertz CT molecular complexity index is 1350. The van der Waals surface area contributed by atoms with Crippen molar-refractivity contribution in [1.82, 2.24) is 9.96 Å². The van der Waals surface area contributed by atoms with E-state index in [0.29, 0.717) is 17.9 Å². The summed E-state index contributed by atoms with van der Waals surface area (Å²) in [4.78, 5) is 8.93. The number of nitrogens with one attached hydrogen (secondary N) is 1. The highest BCUT2D eigenvalue weighted by molar-refractivity contribution is 5.61. The number of nitrogens with two attached hydrogens (primary N) is 1. The van der Waals surface area contributed by atoms with Gasteiger partial charge in [0.1, 0.15) is 31.3 Å². The molecule has 8 nitrogen and oxygen atoms in total. The molecule has 0 bridgehead atoms. The average Bonchev–Trinajstić information content (AvgIpc) is 3.50. The molecule has 0 radical (unpaired) electrons. The van der Waals surface area contributed by atoms with Crippen LogP contribution in [0, 0.1) is 5.82 Å². The zero-order valence-electron chi connectivity index (χ0n) is 25.1. The number of nitrogens with zero attached hydrogens (tertiary/aromatic N) is 2. The van der Waals surface area contributed by atoms with Crippen LogP contribution in [0.3, 0.4) is 0 Å². The number of ether oxygens (including phenoxy) is 3. The van der Waals surface area contributed by atoms with Crippen LogP contribution in [0.4, 0.5) is 15.8 Å². The van der Waals surface area contributed by atoms with Crippen LogP contribution in [-0.2, 0) is 16.1 Å². The van der Waals surface area contributed by atoms with Gasteiger partial charge in [-0.3, -0.25) is 0 Å². The first kappa shape index (κ1) is 29.8. The van der Waals surface area contributed by atoms with Gasteiger partial charge in [-0.15, -0.1) is 4.65 Å². The van der Waals surface area contributed by atoms with E-state index in [1.54, 1.807) is 19.2 Å². The Balaban J connectivity index is 1.14. The number of halogens is 1. The molecule has 0 aromatic heterocycles. The summed E-state index contributed by atoms with van der Waals surface area (Å²) in [6.07, 6.45) is 2.98. The lowest BCUT2D eigenvalue weighted by atomic mass is 9.84. The van der Waals surface area contributed by atoms with Crippen LogP contribution in [0.15, 0.2) is 66.7 Å². The van der Waals surface area contributed by atoms with E-state index in [2.05, 4.69) is 40.5 Å². The van der Waals surface area contributed by atoms with E-state index in [1.165, 1.54) is 6.07 Å². The predicted molar refractivity (Wildman–Crippen MR) is 167 cm³/mol. The third kappa shape index (κ3) is 6.81. The second-order valence-electron chi connectivity index (χ2n) is 11.9. The first-order valence-electron chi connectivity index (χ1n) is 15.5. The van der Waals surface area contributed by atoms with Crippen molar-refractivity contribution in [2.45, 2.75) is 43.9 Å². The molecule has 3 atom stereocenters. The van der Waals surface area contributed by atoms with Crippen LogP contribution >= 0.6 is 0 Å². The normalized spacial score (nSPS) is 23.0. The highest BCUT2D eigenvalue weighted by Gasteiger charge is 2.39. The minimum atomic E-state index is -0.241. The van der Waals surface area contributed by atoms with Gasteiger partial charge in [-0.2, -0.15) is 0 Å². The van der Waals surface area contributed by atoms with Gasteiger partial charge in [0.25, 0.3) is 0 Å². The van der Waals surface area contributed by atoms with Crippen LogP contribution in [0.1, 0.15) is 36.3 Å². The number of quaternary nitrogens is 1. The van der Waals surface area contributed by atoms with Gasteiger partial charge >= 0.3 is 0 Å². The molecule has 3 aliphatic heterocycles. The Morgan fingerprint density at radius 3 is 2.67 bits per heavy atom. The first-order chi connectivity index (χ1) is 21.0. The van der Waals surface area contributed by atoms with Gasteiger partial charge in [0.2, 0.25) is 0 Å². The molecule has 3 aromatic carbocycles. The van der Waals surface area contributed by atoms with Crippen LogP contribution in [0.5, 0.6) is 11.5 Å². The van der Waals surface area contributed by atoms with Gasteiger partial charge in [-0.25, -0.2) is 4.39 Å². The molecule has 0 spiro atoms. The van der Waals surface area contributed by atoms with Crippen molar-refractivity contribution >= 4 is 11.4 Å². The second-order valence-corrected chi connectivity index (χ2v) is 11.9. The molecule has 3 aromatic rings. The molecule has 6 rings (SSSR count). The number of anilines is 1. The molecule has 9 heteroatoms. The highest BCUT2D eigenvalue weighted by atomic mass is 19.1. The van der Waals surface area contributed by atoms with Crippen molar-refractivity contribution in [3.8, 4) is 11.5 Å². The summed E-state index contributed by atoms with van der Waals surface area (Å²) in [6, 6.07) is 21.3. The molecule has 43 heavy (non-hydrogen) atoms. The fraction of sp³-hybridized carbons (Fsp3) is 0.471. The molecular formula is C34H44FN4O4+. The van der Waals surface area contributed by atoms with Crippen LogP contribution < -0.4 is 30.2 Å². The minimum absolute atomic E-state index is 0.0416. The second kappa shape index (κ2) is 13.6. The third-order valence-corrected chi connectivity index (χ3v) is 8.92. The van der Waals surface area contributed by atoms with Gasteiger partial charge in [0.05, 0.1) is 24.9 Å². The van der Waals surface area contributed by atoms with E-state index in [1.807, 2.05) is 18.2 Å². The highest BCUT2D eigenvalue weighted by Crippen LogP contribution is 2.36. The third-order valence-electron chi connectivity index (χ3n) is 8.92. The summed E-state index contributed by atoms with van der Waals surface area (Å²) in [5, 5.41) is 3.45. The number of piperidine rings is 1. The van der Waals surface area contributed by atoms with E-state index in [4.69, 9.17) is 24.8 Å². The molecule has 3 aliphatic rings. The quantitative estimate of drug-likeness (QED) is 0.246. The average molecular weight is 592 g/mol. The maximum Gasteiger partial charge on any atom is 0.190 e. The molecule has 0 aliphatic carbocycles. The summed E-state index contributed by atoms with van der Waals surface area (Å²) in [7, 11) is 1.74. The van der Waals surface area contributed by atoms with Crippen LogP contribution in [0.25, 0.3) is 0 Å². The Morgan fingerprint density at radius 2 is 1.88 bits per heavy atom. The Hall–Kier alpha value is -3.21. The SMILES string of the molecule is COCCCN1CCOc2ccc(COC3CNC[C@H](N)C3c3ccc(O[N+]4(c5cccc(F)c5)CCCC4)cc3)cc21. The Labute approximate surface area is 254 Å². The number of rotatable bonds is 11. The molecule has 2 saturated heterocycles. The standard InChI is InChI=1S/C34H44FN4O4/c1-40-18-5-14-38-15-19-41-32-13-8-25(20-31(32)38)24-42-33-23-37-22-30(36)34(33)26-9-11-29(12-10-26)43-39(16-2-3-17-39)28-7-4-6-27(35)21-28/h4,6-13,20-21,30,33-34,37H,2-3,5,14-19,22-24,36H2,1H3/q+1/t30-,33?,34?/m0/s1. The van der Waals surface area contributed by atoms with Crippen molar-refractivity contribution in [1.29, 1.82) is 0 Å².